The highest BCUT2D eigenvalue weighted by Crippen LogP contribution is 2.29. The number of carbonyl (C=O) groups excluding carboxylic acids is 2. The molecule has 7 heteroatoms. The first-order valence-corrected chi connectivity index (χ1v) is 10.6. The summed E-state index contributed by atoms with van der Waals surface area (Å²) in [7, 11) is 2.61. The number of nitrogens with zero attached hydrogens (tertiary/aromatic N) is 1. The third-order valence-corrected chi connectivity index (χ3v) is 4.78. The Kier molecular flexibility index (Phi) is 8.80. The van der Waals surface area contributed by atoms with Crippen LogP contribution in [0, 0.1) is 11.3 Å². The summed E-state index contributed by atoms with van der Waals surface area (Å²) < 4.78 is 21.0. The van der Waals surface area contributed by atoms with Crippen molar-refractivity contribution < 1.29 is 28.5 Å². The fourth-order valence-electron chi connectivity index (χ4n) is 2.99. The molecule has 35 heavy (non-hydrogen) atoms. The minimum Gasteiger partial charge on any atom is -0.493 e. The summed E-state index contributed by atoms with van der Waals surface area (Å²) in [5, 5.41) is 9.10. The van der Waals surface area contributed by atoms with Gasteiger partial charge >= 0.3 is 11.9 Å². The number of hydrogen-bond acceptors (Lipinski definition) is 7. The quantitative estimate of drug-likeness (QED) is 0.189. The third-order valence-electron chi connectivity index (χ3n) is 4.78. The van der Waals surface area contributed by atoms with Gasteiger partial charge in [-0.05, 0) is 53.1 Å². The standard InChI is InChI=1S/C28H23NO6/c1-32-26-17-22(16-23(18-29)28(31)33-2)10-14-25(26)35-27(30)15-11-20-8-12-24(13-9-20)34-19-21-6-4-3-5-7-21/h3-17H,19H2,1-2H3. The van der Waals surface area contributed by atoms with Crippen molar-refractivity contribution in [3.05, 3.63) is 101 Å². The minimum atomic E-state index is -0.747. The Labute approximate surface area is 203 Å². The topological polar surface area (TPSA) is 94.9 Å². The van der Waals surface area contributed by atoms with E-state index in [9.17, 15) is 9.59 Å². The normalized spacial score (nSPS) is 10.9. The molecule has 0 bridgehead atoms. The maximum Gasteiger partial charge on any atom is 0.348 e. The Morgan fingerprint density at radius 1 is 0.914 bits per heavy atom. The van der Waals surface area contributed by atoms with Crippen molar-refractivity contribution in [2.24, 2.45) is 0 Å². The summed E-state index contributed by atoms with van der Waals surface area (Å²) >= 11 is 0. The van der Waals surface area contributed by atoms with E-state index in [1.165, 1.54) is 32.4 Å². The number of methoxy groups -OCH3 is 2. The third kappa shape index (κ3) is 7.34. The Hall–Kier alpha value is -4.83. The van der Waals surface area contributed by atoms with E-state index in [0.29, 0.717) is 12.2 Å². The molecule has 3 rings (SSSR count). The molecule has 0 N–H and O–H groups in total. The van der Waals surface area contributed by atoms with Gasteiger partial charge in [0.1, 0.15) is 24.0 Å². The average molecular weight is 469 g/mol. The monoisotopic (exact) mass is 469 g/mol. The number of rotatable bonds is 9. The largest absolute Gasteiger partial charge is 0.493 e. The molecule has 0 aliphatic heterocycles. The summed E-state index contributed by atoms with van der Waals surface area (Å²) in [4.78, 5) is 23.9. The highest BCUT2D eigenvalue weighted by molar-refractivity contribution is 5.98. The first kappa shape index (κ1) is 24.8. The number of nitriles is 1. The van der Waals surface area contributed by atoms with Crippen LogP contribution in [-0.2, 0) is 20.9 Å². The molecule has 0 amide bonds. The van der Waals surface area contributed by atoms with Gasteiger partial charge in [0, 0.05) is 6.08 Å². The number of ether oxygens (including phenoxy) is 4. The maximum atomic E-state index is 12.3. The fourth-order valence-corrected chi connectivity index (χ4v) is 2.99. The lowest BCUT2D eigenvalue weighted by Crippen LogP contribution is -2.05. The van der Waals surface area contributed by atoms with Gasteiger partial charge in [0.15, 0.2) is 11.5 Å². The molecule has 0 fully saturated rings. The van der Waals surface area contributed by atoms with Crippen molar-refractivity contribution in [2.75, 3.05) is 14.2 Å². The molecule has 0 radical (unpaired) electrons. The van der Waals surface area contributed by atoms with Crippen molar-refractivity contribution in [1.82, 2.24) is 0 Å². The van der Waals surface area contributed by atoms with Gasteiger partial charge in [-0.3, -0.25) is 0 Å². The number of esters is 2. The van der Waals surface area contributed by atoms with Gasteiger partial charge in [-0.1, -0.05) is 48.5 Å². The molecule has 0 atom stereocenters. The molecule has 176 valence electrons. The zero-order valence-electron chi connectivity index (χ0n) is 19.3. The summed E-state index contributed by atoms with van der Waals surface area (Å²) in [6.45, 7) is 0.472. The van der Waals surface area contributed by atoms with Crippen molar-refractivity contribution in [1.29, 1.82) is 5.26 Å². The molecule has 0 unspecified atom stereocenters. The molecule has 0 heterocycles. The summed E-state index contributed by atoms with van der Waals surface area (Å²) in [5.74, 6) is -0.159. The highest BCUT2D eigenvalue weighted by atomic mass is 16.6. The highest BCUT2D eigenvalue weighted by Gasteiger charge is 2.12. The molecule has 0 aliphatic rings. The van der Waals surface area contributed by atoms with E-state index in [-0.39, 0.29) is 17.1 Å². The molecular weight excluding hydrogens is 446 g/mol. The van der Waals surface area contributed by atoms with E-state index >= 15 is 0 Å². The summed E-state index contributed by atoms with van der Waals surface area (Å²) in [5.41, 5.74) is 2.22. The SMILES string of the molecule is COC(=O)C(C#N)=Cc1ccc(OC(=O)C=Cc2ccc(OCc3ccccc3)cc2)c(OC)c1. The van der Waals surface area contributed by atoms with E-state index in [2.05, 4.69) is 4.74 Å². The lowest BCUT2D eigenvalue weighted by atomic mass is 10.1. The number of carbonyl (C=O) groups is 2. The van der Waals surface area contributed by atoms with Crippen LogP contribution in [0.2, 0.25) is 0 Å². The second-order valence-electron chi connectivity index (χ2n) is 7.17. The van der Waals surface area contributed by atoms with Gasteiger partial charge in [-0.25, -0.2) is 9.59 Å². The lowest BCUT2D eigenvalue weighted by molar-refractivity contribution is -0.135. The van der Waals surface area contributed by atoms with Gasteiger partial charge < -0.3 is 18.9 Å². The van der Waals surface area contributed by atoms with Gasteiger partial charge in [-0.2, -0.15) is 5.26 Å². The van der Waals surface area contributed by atoms with Gasteiger partial charge in [-0.15, -0.1) is 0 Å². The maximum absolute atomic E-state index is 12.3. The van der Waals surface area contributed by atoms with Gasteiger partial charge in [0.25, 0.3) is 0 Å². The van der Waals surface area contributed by atoms with Crippen molar-refractivity contribution >= 4 is 24.1 Å². The second-order valence-corrected chi connectivity index (χ2v) is 7.17. The van der Waals surface area contributed by atoms with E-state index in [1.807, 2.05) is 54.6 Å². The van der Waals surface area contributed by atoms with Crippen LogP contribution in [0.1, 0.15) is 16.7 Å². The van der Waals surface area contributed by atoms with E-state index in [0.717, 1.165) is 16.9 Å². The molecule has 0 aromatic heterocycles. The van der Waals surface area contributed by atoms with Crippen LogP contribution in [0.4, 0.5) is 0 Å². The predicted molar refractivity (Wildman–Crippen MR) is 130 cm³/mol. The first-order valence-electron chi connectivity index (χ1n) is 10.6. The Balaban J connectivity index is 1.61. The van der Waals surface area contributed by atoms with Crippen LogP contribution in [0.3, 0.4) is 0 Å². The van der Waals surface area contributed by atoms with Crippen molar-refractivity contribution in [3.8, 4) is 23.3 Å². The fraction of sp³-hybridized carbons (Fsp3) is 0.107. The number of benzene rings is 3. The molecule has 3 aromatic rings. The molecule has 0 aliphatic carbocycles. The molecule has 3 aromatic carbocycles. The zero-order valence-corrected chi connectivity index (χ0v) is 19.3. The molecule has 7 nitrogen and oxygen atoms in total. The van der Waals surface area contributed by atoms with Crippen LogP contribution in [-0.4, -0.2) is 26.2 Å². The Bertz CT molecular complexity index is 1270. The minimum absolute atomic E-state index is 0.168. The summed E-state index contributed by atoms with van der Waals surface area (Å²) in [6.07, 6.45) is 4.29. The van der Waals surface area contributed by atoms with Crippen LogP contribution >= 0.6 is 0 Å². The lowest BCUT2D eigenvalue weighted by Gasteiger charge is -2.09. The van der Waals surface area contributed by atoms with Crippen molar-refractivity contribution in [3.63, 3.8) is 0 Å². The van der Waals surface area contributed by atoms with Crippen molar-refractivity contribution in [2.45, 2.75) is 6.61 Å². The van der Waals surface area contributed by atoms with E-state index < -0.39 is 11.9 Å². The van der Waals surface area contributed by atoms with Gasteiger partial charge in [0.05, 0.1) is 14.2 Å². The second kappa shape index (κ2) is 12.4. The predicted octanol–water partition coefficient (Wildman–Crippen LogP) is 4.97. The molecule has 0 saturated carbocycles. The Morgan fingerprint density at radius 2 is 1.63 bits per heavy atom. The molecule has 0 spiro atoms. The first-order chi connectivity index (χ1) is 17.0. The average Bonchev–Trinajstić information content (AvgIpc) is 2.90. The zero-order chi connectivity index (χ0) is 25.0. The smallest absolute Gasteiger partial charge is 0.348 e. The van der Waals surface area contributed by atoms with Crippen LogP contribution < -0.4 is 14.2 Å². The van der Waals surface area contributed by atoms with E-state index in [1.54, 1.807) is 24.3 Å². The molecule has 0 saturated heterocycles. The van der Waals surface area contributed by atoms with Crippen LogP contribution in [0.5, 0.6) is 17.2 Å². The summed E-state index contributed by atoms with van der Waals surface area (Å²) in [6, 6.07) is 23.6. The number of hydrogen-bond donors (Lipinski definition) is 0. The molecular formula is C28H23NO6. The van der Waals surface area contributed by atoms with Crippen LogP contribution in [0.15, 0.2) is 84.4 Å². The van der Waals surface area contributed by atoms with Crippen LogP contribution in [0.25, 0.3) is 12.2 Å². The van der Waals surface area contributed by atoms with E-state index in [4.69, 9.17) is 19.5 Å². The Morgan fingerprint density at radius 3 is 2.29 bits per heavy atom. The van der Waals surface area contributed by atoms with Gasteiger partial charge in [0.2, 0.25) is 0 Å².